The summed E-state index contributed by atoms with van der Waals surface area (Å²) in [5.74, 6) is 0.00896. The molecule has 5 rings (SSSR count). The Morgan fingerprint density at radius 3 is 2.97 bits per heavy atom. The number of rotatable bonds is 7. The number of carbonyl (C=O) groups excluding carboxylic acids is 2. The molecule has 2 amide bonds. The average Bonchev–Trinajstić information content (AvgIpc) is 3.48. The van der Waals surface area contributed by atoms with Gasteiger partial charge in [-0.05, 0) is 60.7 Å². The van der Waals surface area contributed by atoms with E-state index in [1.165, 1.54) is 11.0 Å². The zero-order chi connectivity index (χ0) is 24.4. The standard InChI is InChI=1S/C24H27N5O5S/c30-23(25-13-16-4-6-20-18(11-16)14-26-27-20)15-29-9-2-1-3-21(24(29)31)28-35(32,33)19-5-7-22-17(12-19)8-10-34-22/h4-7,11-12,14,21,28H,1-3,8-10,13,15H2,(H,25,30)(H,26,27). The van der Waals surface area contributed by atoms with Crippen LogP contribution < -0.4 is 14.8 Å². The summed E-state index contributed by atoms with van der Waals surface area (Å²) in [7, 11) is -3.90. The largest absolute Gasteiger partial charge is 0.493 e. The maximum Gasteiger partial charge on any atom is 0.241 e. The van der Waals surface area contributed by atoms with E-state index in [-0.39, 0.29) is 23.3 Å². The molecule has 2 aromatic carbocycles. The molecular weight excluding hydrogens is 470 g/mol. The van der Waals surface area contributed by atoms with E-state index in [2.05, 4.69) is 20.2 Å². The molecule has 2 aliphatic heterocycles. The Kier molecular flexibility index (Phi) is 6.44. The first-order valence-electron chi connectivity index (χ1n) is 11.6. The highest BCUT2D eigenvalue weighted by Crippen LogP contribution is 2.28. The molecule has 0 saturated carbocycles. The van der Waals surface area contributed by atoms with Crippen LogP contribution in [0.25, 0.3) is 10.9 Å². The summed E-state index contributed by atoms with van der Waals surface area (Å²) in [6.45, 7) is 1.13. The minimum atomic E-state index is -3.90. The summed E-state index contributed by atoms with van der Waals surface area (Å²) in [5, 5.41) is 10.7. The molecule has 1 atom stereocenters. The van der Waals surface area contributed by atoms with Crippen molar-refractivity contribution in [1.29, 1.82) is 0 Å². The number of amides is 2. The lowest BCUT2D eigenvalue weighted by Gasteiger charge is -2.24. The molecule has 35 heavy (non-hydrogen) atoms. The van der Waals surface area contributed by atoms with Gasteiger partial charge in [0, 0.05) is 24.9 Å². The van der Waals surface area contributed by atoms with Gasteiger partial charge in [0.2, 0.25) is 21.8 Å². The molecule has 3 aromatic rings. The fourth-order valence-corrected chi connectivity index (χ4v) is 5.76. The normalized spacial score (nSPS) is 18.2. The predicted octanol–water partition coefficient (Wildman–Crippen LogP) is 1.47. The third-order valence-electron chi connectivity index (χ3n) is 6.38. The van der Waals surface area contributed by atoms with Gasteiger partial charge in [-0.15, -0.1) is 0 Å². The zero-order valence-corrected chi connectivity index (χ0v) is 19.9. The van der Waals surface area contributed by atoms with Crippen molar-refractivity contribution in [1.82, 2.24) is 25.1 Å². The zero-order valence-electron chi connectivity index (χ0n) is 19.1. The number of H-pyrrole nitrogens is 1. The summed E-state index contributed by atoms with van der Waals surface area (Å²) in [6.07, 6.45) is 4.13. The molecule has 10 nitrogen and oxygen atoms in total. The Labute approximate surface area is 203 Å². The number of sulfonamides is 1. The number of aromatic nitrogens is 2. The van der Waals surface area contributed by atoms with E-state index in [0.717, 1.165) is 22.0 Å². The van der Waals surface area contributed by atoms with Gasteiger partial charge in [0.25, 0.3) is 0 Å². The highest BCUT2D eigenvalue weighted by Gasteiger charge is 2.32. The van der Waals surface area contributed by atoms with Crippen LogP contribution in [0, 0.1) is 0 Å². The number of aromatic amines is 1. The van der Waals surface area contributed by atoms with Crippen molar-refractivity contribution in [2.75, 3.05) is 19.7 Å². The van der Waals surface area contributed by atoms with Gasteiger partial charge in [-0.3, -0.25) is 14.7 Å². The van der Waals surface area contributed by atoms with Crippen molar-refractivity contribution in [3.8, 4) is 5.75 Å². The molecule has 2 aliphatic rings. The molecule has 184 valence electrons. The average molecular weight is 498 g/mol. The number of nitrogens with one attached hydrogen (secondary N) is 3. The topological polar surface area (TPSA) is 133 Å². The molecular formula is C24H27N5O5S. The Morgan fingerprint density at radius 2 is 2.09 bits per heavy atom. The van der Waals surface area contributed by atoms with E-state index in [4.69, 9.17) is 4.74 Å². The van der Waals surface area contributed by atoms with Crippen molar-refractivity contribution < 1.29 is 22.7 Å². The Morgan fingerprint density at radius 1 is 1.20 bits per heavy atom. The summed E-state index contributed by atoms with van der Waals surface area (Å²) in [5.41, 5.74) is 2.67. The van der Waals surface area contributed by atoms with Gasteiger partial charge in [0.15, 0.2) is 0 Å². The van der Waals surface area contributed by atoms with Crippen LogP contribution in [-0.4, -0.2) is 61.1 Å². The first-order valence-corrected chi connectivity index (χ1v) is 13.1. The van der Waals surface area contributed by atoms with Crippen molar-refractivity contribution in [3.63, 3.8) is 0 Å². The molecule has 3 N–H and O–H groups in total. The van der Waals surface area contributed by atoms with Crippen molar-refractivity contribution in [2.24, 2.45) is 0 Å². The highest BCUT2D eigenvalue weighted by molar-refractivity contribution is 7.89. The molecule has 0 aliphatic carbocycles. The second-order valence-electron chi connectivity index (χ2n) is 8.87. The molecule has 0 bridgehead atoms. The molecule has 11 heteroatoms. The molecule has 0 spiro atoms. The number of hydrogen-bond donors (Lipinski definition) is 3. The number of ether oxygens (including phenoxy) is 1. The van der Waals surface area contributed by atoms with Crippen LogP contribution in [-0.2, 0) is 32.6 Å². The van der Waals surface area contributed by atoms with Crippen LogP contribution in [0.2, 0.25) is 0 Å². The van der Waals surface area contributed by atoms with E-state index in [9.17, 15) is 18.0 Å². The molecule has 3 heterocycles. The van der Waals surface area contributed by atoms with Crippen LogP contribution >= 0.6 is 0 Å². The lowest BCUT2D eigenvalue weighted by molar-refractivity contribution is -0.136. The van der Waals surface area contributed by atoms with E-state index in [0.29, 0.717) is 51.1 Å². The number of benzene rings is 2. The fourth-order valence-electron chi connectivity index (χ4n) is 4.49. The summed E-state index contributed by atoms with van der Waals surface area (Å²) in [4.78, 5) is 27.3. The van der Waals surface area contributed by atoms with Crippen LogP contribution in [0.4, 0.5) is 0 Å². The van der Waals surface area contributed by atoms with E-state index < -0.39 is 16.1 Å². The summed E-state index contributed by atoms with van der Waals surface area (Å²) in [6, 6.07) is 9.54. The minimum Gasteiger partial charge on any atom is -0.493 e. The number of nitrogens with zero attached hydrogens (tertiary/aromatic N) is 2. The molecule has 1 fully saturated rings. The number of fused-ring (bicyclic) bond motifs is 2. The van der Waals surface area contributed by atoms with Gasteiger partial charge < -0.3 is 15.0 Å². The van der Waals surface area contributed by atoms with E-state index in [1.807, 2.05) is 18.2 Å². The lowest BCUT2D eigenvalue weighted by Crippen LogP contribution is -2.49. The highest BCUT2D eigenvalue weighted by atomic mass is 32.2. The van der Waals surface area contributed by atoms with Crippen molar-refractivity contribution in [3.05, 3.63) is 53.7 Å². The minimum absolute atomic E-state index is 0.109. The first kappa shape index (κ1) is 23.3. The van der Waals surface area contributed by atoms with Crippen LogP contribution in [0.3, 0.4) is 0 Å². The quantitative estimate of drug-likeness (QED) is 0.453. The Hall–Kier alpha value is -3.44. The van der Waals surface area contributed by atoms with Gasteiger partial charge >= 0.3 is 0 Å². The third kappa shape index (κ3) is 5.15. The molecule has 1 unspecified atom stereocenters. The maximum atomic E-state index is 13.2. The molecule has 1 aromatic heterocycles. The molecule has 0 radical (unpaired) electrons. The van der Waals surface area contributed by atoms with Gasteiger partial charge in [-0.2, -0.15) is 9.82 Å². The van der Waals surface area contributed by atoms with E-state index in [1.54, 1.807) is 18.3 Å². The third-order valence-corrected chi connectivity index (χ3v) is 7.85. The van der Waals surface area contributed by atoms with Crippen molar-refractivity contribution in [2.45, 2.75) is 43.2 Å². The second-order valence-corrected chi connectivity index (χ2v) is 10.6. The predicted molar refractivity (Wildman–Crippen MR) is 128 cm³/mol. The first-order chi connectivity index (χ1) is 16.9. The monoisotopic (exact) mass is 497 g/mol. The van der Waals surface area contributed by atoms with Gasteiger partial charge in [-0.25, -0.2) is 8.42 Å². The van der Waals surface area contributed by atoms with Gasteiger partial charge in [-0.1, -0.05) is 6.07 Å². The van der Waals surface area contributed by atoms with Crippen LogP contribution in [0.15, 0.2) is 47.5 Å². The van der Waals surface area contributed by atoms with Crippen molar-refractivity contribution >= 4 is 32.7 Å². The van der Waals surface area contributed by atoms with Gasteiger partial charge in [0.05, 0.1) is 29.8 Å². The molecule has 1 saturated heterocycles. The second kappa shape index (κ2) is 9.67. The fraction of sp³-hybridized carbons (Fsp3) is 0.375. The SMILES string of the molecule is O=C(CN1CCCCC(NS(=O)(=O)c2ccc3c(c2)CCO3)C1=O)NCc1ccc2[nH]ncc2c1. The van der Waals surface area contributed by atoms with Crippen LogP contribution in [0.1, 0.15) is 30.4 Å². The van der Waals surface area contributed by atoms with E-state index >= 15 is 0 Å². The number of hydrogen-bond acceptors (Lipinski definition) is 6. The lowest BCUT2D eigenvalue weighted by atomic mass is 10.1. The maximum absolute atomic E-state index is 13.2. The van der Waals surface area contributed by atoms with Crippen LogP contribution in [0.5, 0.6) is 5.75 Å². The summed E-state index contributed by atoms with van der Waals surface area (Å²) < 4.78 is 34.0. The van der Waals surface area contributed by atoms with Gasteiger partial charge in [0.1, 0.15) is 11.8 Å². The smallest absolute Gasteiger partial charge is 0.241 e. The number of carbonyl (C=O) groups is 2. The Balaban J connectivity index is 1.21. The summed E-state index contributed by atoms with van der Waals surface area (Å²) >= 11 is 0. The number of likely N-dealkylation sites (tertiary alicyclic amines) is 1. The Bertz CT molecular complexity index is 1370.